The molecular weight excluding hydrogens is 250 g/mol. The lowest BCUT2D eigenvalue weighted by Crippen LogP contribution is -2.44. The molecule has 1 aliphatic heterocycles. The maximum Gasteiger partial charge on any atom is 0.317 e. The number of aryl methyl sites for hydroxylation is 1. The predicted molar refractivity (Wildman–Crippen MR) is 67.0 cm³/mol. The van der Waals surface area contributed by atoms with E-state index in [0.29, 0.717) is 26.1 Å². The second-order valence-corrected chi connectivity index (χ2v) is 4.56. The quantitative estimate of drug-likeness (QED) is 0.746. The number of nitrogens with one attached hydrogen (secondary N) is 1. The lowest BCUT2D eigenvalue weighted by Gasteiger charge is -2.31. The Balaban J connectivity index is 1.82. The van der Waals surface area contributed by atoms with E-state index in [-0.39, 0.29) is 18.2 Å². The van der Waals surface area contributed by atoms with Gasteiger partial charge < -0.3 is 14.8 Å². The zero-order valence-electron chi connectivity index (χ0n) is 10.5. The van der Waals surface area contributed by atoms with Crippen LogP contribution in [0.5, 0.6) is 0 Å². The van der Waals surface area contributed by atoms with Crippen LogP contribution in [0, 0.1) is 0 Å². The van der Waals surface area contributed by atoms with E-state index >= 15 is 0 Å². The molecule has 1 aromatic rings. The highest BCUT2D eigenvalue weighted by Crippen LogP contribution is 2.10. The first-order valence-corrected chi connectivity index (χ1v) is 6.23. The summed E-state index contributed by atoms with van der Waals surface area (Å²) in [5.41, 5.74) is 0.560. The Hall–Kier alpha value is -1.73. The van der Waals surface area contributed by atoms with Crippen molar-refractivity contribution in [2.75, 3.05) is 26.2 Å². The summed E-state index contributed by atoms with van der Waals surface area (Å²) >= 11 is 0. The van der Waals surface area contributed by atoms with Gasteiger partial charge >= 0.3 is 5.97 Å². The van der Waals surface area contributed by atoms with Crippen LogP contribution in [0.25, 0.3) is 0 Å². The van der Waals surface area contributed by atoms with Crippen molar-refractivity contribution >= 4 is 5.97 Å². The highest BCUT2D eigenvalue weighted by atomic mass is 16.5. The van der Waals surface area contributed by atoms with E-state index in [9.17, 15) is 9.59 Å². The first-order valence-electron chi connectivity index (χ1n) is 6.23. The van der Waals surface area contributed by atoms with Gasteiger partial charge in [0.1, 0.15) is 0 Å². The number of aliphatic carboxylic acids is 1. The summed E-state index contributed by atoms with van der Waals surface area (Å²) in [5.74, 6) is -0.822. The van der Waals surface area contributed by atoms with Gasteiger partial charge in [0.15, 0.2) is 0 Å². The van der Waals surface area contributed by atoms with Gasteiger partial charge in [0.05, 0.1) is 25.6 Å². The number of nitrogens with zero attached hydrogens (tertiary/aromatic N) is 2. The summed E-state index contributed by atoms with van der Waals surface area (Å²) in [6, 6.07) is 1.47. The molecule has 1 unspecified atom stereocenters. The van der Waals surface area contributed by atoms with Crippen molar-refractivity contribution in [3.8, 4) is 0 Å². The van der Waals surface area contributed by atoms with E-state index < -0.39 is 5.97 Å². The van der Waals surface area contributed by atoms with Gasteiger partial charge in [-0.25, -0.2) is 4.98 Å². The molecule has 0 saturated carbocycles. The Morgan fingerprint density at radius 2 is 2.47 bits per heavy atom. The molecule has 7 heteroatoms. The van der Waals surface area contributed by atoms with Crippen LogP contribution in [0.15, 0.2) is 17.2 Å². The maximum atomic E-state index is 11.1. The van der Waals surface area contributed by atoms with Crippen LogP contribution in [0.3, 0.4) is 0 Å². The second kappa shape index (κ2) is 6.44. The number of rotatable bonds is 5. The Labute approximate surface area is 110 Å². The molecule has 2 heterocycles. The topological polar surface area (TPSA) is 95.5 Å². The Morgan fingerprint density at radius 1 is 1.63 bits per heavy atom. The van der Waals surface area contributed by atoms with E-state index in [4.69, 9.17) is 9.84 Å². The van der Waals surface area contributed by atoms with E-state index in [1.165, 1.54) is 12.4 Å². The smallest absolute Gasteiger partial charge is 0.317 e. The van der Waals surface area contributed by atoms with Gasteiger partial charge in [-0.15, -0.1) is 0 Å². The summed E-state index contributed by atoms with van der Waals surface area (Å²) in [4.78, 5) is 30.2. The van der Waals surface area contributed by atoms with Crippen molar-refractivity contribution in [2.45, 2.75) is 18.9 Å². The van der Waals surface area contributed by atoms with Gasteiger partial charge in [-0.05, 0) is 12.8 Å². The number of carbonyl (C=O) groups is 1. The summed E-state index contributed by atoms with van der Waals surface area (Å²) < 4.78 is 5.59. The number of hydrogen-bond donors (Lipinski definition) is 2. The van der Waals surface area contributed by atoms with Crippen molar-refractivity contribution in [1.82, 2.24) is 14.9 Å². The molecule has 1 aromatic heterocycles. The molecule has 0 spiro atoms. The van der Waals surface area contributed by atoms with Gasteiger partial charge in [0, 0.05) is 24.8 Å². The number of hydrogen-bond acceptors (Lipinski definition) is 5. The Bertz CT molecular complexity index is 488. The molecule has 0 radical (unpaired) electrons. The molecule has 2 rings (SSSR count). The van der Waals surface area contributed by atoms with Crippen molar-refractivity contribution in [3.05, 3.63) is 28.4 Å². The zero-order chi connectivity index (χ0) is 13.7. The highest BCUT2D eigenvalue weighted by Gasteiger charge is 2.21. The van der Waals surface area contributed by atoms with E-state index in [1.807, 2.05) is 4.90 Å². The van der Waals surface area contributed by atoms with Crippen LogP contribution in [0.2, 0.25) is 0 Å². The molecule has 2 N–H and O–H groups in total. The monoisotopic (exact) mass is 267 g/mol. The summed E-state index contributed by atoms with van der Waals surface area (Å²) in [7, 11) is 0. The molecule has 0 amide bonds. The van der Waals surface area contributed by atoms with Gasteiger partial charge in [-0.1, -0.05) is 0 Å². The summed E-state index contributed by atoms with van der Waals surface area (Å²) in [5, 5.41) is 8.76. The van der Waals surface area contributed by atoms with Crippen molar-refractivity contribution in [2.24, 2.45) is 0 Å². The van der Waals surface area contributed by atoms with Crippen LogP contribution in [0.4, 0.5) is 0 Å². The lowest BCUT2D eigenvalue weighted by atomic mass is 10.1. The summed E-state index contributed by atoms with van der Waals surface area (Å²) in [6.45, 7) is 1.84. The first-order chi connectivity index (χ1) is 9.13. The molecule has 0 bridgehead atoms. The standard InChI is InChI=1S/C12H17N3O4/c16-11-5-9(13-8-14-11)1-2-10-6-15(3-4-19-10)7-12(17)18/h5,8,10H,1-4,6-7H2,(H,17,18)(H,13,14,16). The van der Waals surface area contributed by atoms with Crippen LogP contribution in [-0.2, 0) is 16.0 Å². The predicted octanol–water partition coefficient (Wildman–Crippen LogP) is -0.512. The number of morpholine rings is 1. The minimum atomic E-state index is -0.822. The lowest BCUT2D eigenvalue weighted by molar-refractivity contribution is -0.140. The van der Waals surface area contributed by atoms with Gasteiger partial charge in [0.2, 0.25) is 0 Å². The third kappa shape index (κ3) is 4.46. The number of aromatic nitrogens is 2. The minimum Gasteiger partial charge on any atom is -0.480 e. The molecule has 19 heavy (non-hydrogen) atoms. The second-order valence-electron chi connectivity index (χ2n) is 4.56. The van der Waals surface area contributed by atoms with Crippen LogP contribution < -0.4 is 5.56 Å². The molecule has 1 atom stereocenters. The van der Waals surface area contributed by atoms with Crippen LogP contribution in [0.1, 0.15) is 12.1 Å². The minimum absolute atomic E-state index is 0.00538. The molecule has 0 aromatic carbocycles. The zero-order valence-corrected chi connectivity index (χ0v) is 10.5. The third-order valence-electron chi connectivity index (χ3n) is 3.04. The number of aromatic amines is 1. The fourth-order valence-electron chi connectivity index (χ4n) is 2.14. The van der Waals surface area contributed by atoms with E-state index in [1.54, 1.807) is 0 Å². The molecule has 1 saturated heterocycles. The van der Waals surface area contributed by atoms with Crippen molar-refractivity contribution < 1.29 is 14.6 Å². The van der Waals surface area contributed by atoms with Crippen molar-refractivity contribution in [1.29, 1.82) is 0 Å². The fraction of sp³-hybridized carbons (Fsp3) is 0.583. The largest absolute Gasteiger partial charge is 0.480 e. The molecule has 1 fully saturated rings. The van der Waals surface area contributed by atoms with Gasteiger partial charge in [-0.2, -0.15) is 0 Å². The highest BCUT2D eigenvalue weighted by molar-refractivity contribution is 5.69. The first kappa shape index (κ1) is 13.7. The Kier molecular flexibility index (Phi) is 4.64. The van der Waals surface area contributed by atoms with Gasteiger partial charge in [0.25, 0.3) is 5.56 Å². The number of carboxylic acid groups (broad SMARTS) is 1. The molecule has 0 aliphatic carbocycles. The third-order valence-corrected chi connectivity index (χ3v) is 3.04. The number of carboxylic acids is 1. The SMILES string of the molecule is O=C(O)CN1CCOC(CCc2cc(=O)[nH]cn2)C1. The average molecular weight is 267 g/mol. The molecule has 7 nitrogen and oxygen atoms in total. The molecular formula is C12H17N3O4. The normalized spacial score (nSPS) is 20.3. The van der Waals surface area contributed by atoms with E-state index in [0.717, 1.165) is 12.1 Å². The molecule has 104 valence electrons. The van der Waals surface area contributed by atoms with Crippen LogP contribution in [-0.4, -0.2) is 58.3 Å². The van der Waals surface area contributed by atoms with Crippen molar-refractivity contribution in [3.63, 3.8) is 0 Å². The summed E-state index contributed by atoms with van der Waals surface area (Å²) in [6.07, 6.45) is 2.76. The Morgan fingerprint density at radius 3 is 3.21 bits per heavy atom. The van der Waals surface area contributed by atoms with Crippen LogP contribution >= 0.6 is 0 Å². The fourth-order valence-corrected chi connectivity index (χ4v) is 2.14. The number of ether oxygens (including phenoxy) is 1. The van der Waals surface area contributed by atoms with Gasteiger partial charge in [-0.3, -0.25) is 14.5 Å². The maximum absolute atomic E-state index is 11.1. The number of H-pyrrole nitrogens is 1. The average Bonchev–Trinajstić information content (AvgIpc) is 2.36. The van der Waals surface area contributed by atoms with E-state index in [2.05, 4.69) is 9.97 Å². The molecule has 1 aliphatic rings.